The molecule has 2 aromatic carbocycles. The lowest BCUT2D eigenvalue weighted by atomic mass is 10.1. The number of amides is 2. The first-order valence-corrected chi connectivity index (χ1v) is 7.90. The molecule has 126 valence electrons. The van der Waals surface area contributed by atoms with Crippen LogP contribution in [0, 0.1) is 0 Å². The maximum Gasteiger partial charge on any atom is 0.233 e. The molecule has 0 aliphatic heterocycles. The van der Waals surface area contributed by atoms with Crippen LogP contribution in [0.15, 0.2) is 48.5 Å². The zero-order valence-corrected chi connectivity index (χ0v) is 14.1. The second kappa shape index (κ2) is 8.93. The Hall–Kier alpha value is -2.53. The van der Waals surface area contributed by atoms with E-state index in [1.807, 2.05) is 24.3 Å². The van der Waals surface area contributed by atoms with Crippen LogP contribution in [0.4, 0.5) is 5.69 Å². The quantitative estimate of drug-likeness (QED) is 0.757. The maximum absolute atomic E-state index is 11.8. The lowest BCUT2D eigenvalue weighted by Gasteiger charge is -2.08. The molecule has 24 heavy (non-hydrogen) atoms. The second-order valence-electron chi connectivity index (χ2n) is 5.16. The number of halogens is 1. The molecule has 0 aliphatic rings. The van der Waals surface area contributed by atoms with Crippen LogP contribution in [-0.4, -0.2) is 25.5 Å². The number of hydrogen-bond donors (Lipinski definition) is 2. The van der Waals surface area contributed by atoms with Gasteiger partial charge < -0.3 is 15.4 Å². The van der Waals surface area contributed by atoms with E-state index in [1.54, 1.807) is 31.4 Å². The van der Waals surface area contributed by atoms with E-state index in [2.05, 4.69) is 10.6 Å². The summed E-state index contributed by atoms with van der Waals surface area (Å²) in [5.41, 5.74) is 1.54. The first-order valence-electron chi connectivity index (χ1n) is 7.52. The number of carbonyl (C=O) groups is 2. The Morgan fingerprint density at radius 3 is 2.62 bits per heavy atom. The van der Waals surface area contributed by atoms with E-state index >= 15 is 0 Å². The fraction of sp³-hybridized carbons (Fsp3) is 0.222. The van der Waals surface area contributed by atoms with Crippen LogP contribution in [0.1, 0.15) is 12.0 Å². The van der Waals surface area contributed by atoms with Gasteiger partial charge in [-0.25, -0.2) is 0 Å². The van der Waals surface area contributed by atoms with Gasteiger partial charge in [0.15, 0.2) is 0 Å². The van der Waals surface area contributed by atoms with Crippen molar-refractivity contribution in [2.75, 3.05) is 19.0 Å². The van der Waals surface area contributed by atoms with Gasteiger partial charge >= 0.3 is 0 Å². The summed E-state index contributed by atoms with van der Waals surface area (Å²) in [5, 5.41) is 5.78. The summed E-state index contributed by atoms with van der Waals surface area (Å²) in [6.07, 6.45) is 0.415. The molecule has 0 aliphatic carbocycles. The van der Waals surface area contributed by atoms with Gasteiger partial charge in [0.05, 0.1) is 17.8 Å². The number of benzene rings is 2. The average Bonchev–Trinajstić information content (AvgIpc) is 2.57. The van der Waals surface area contributed by atoms with Crippen molar-refractivity contribution in [3.05, 3.63) is 59.1 Å². The van der Waals surface area contributed by atoms with Crippen LogP contribution >= 0.6 is 11.6 Å². The van der Waals surface area contributed by atoms with Gasteiger partial charge in [0.1, 0.15) is 12.2 Å². The van der Waals surface area contributed by atoms with E-state index in [0.717, 1.165) is 11.3 Å². The van der Waals surface area contributed by atoms with Gasteiger partial charge in [0.25, 0.3) is 0 Å². The Balaban J connectivity index is 1.74. The summed E-state index contributed by atoms with van der Waals surface area (Å²) in [6, 6.07) is 14.5. The molecule has 0 atom stereocenters. The Morgan fingerprint density at radius 2 is 1.88 bits per heavy atom. The molecule has 0 saturated heterocycles. The Labute approximate surface area is 146 Å². The fourth-order valence-electron chi connectivity index (χ4n) is 2.14. The van der Waals surface area contributed by atoms with Crippen molar-refractivity contribution in [2.24, 2.45) is 0 Å². The molecule has 0 unspecified atom stereocenters. The molecule has 0 bridgehead atoms. The van der Waals surface area contributed by atoms with Crippen molar-refractivity contribution >= 4 is 29.1 Å². The zero-order valence-electron chi connectivity index (χ0n) is 13.3. The highest BCUT2D eigenvalue weighted by Crippen LogP contribution is 2.20. The maximum atomic E-state index is 11.8. The third-order valence-electron chi connectivity index (χ3n) is 3.34. The predicted octanol–water partition coefficient (Wildman–Crippen LogP) is 3.04. The molecule has 0 spiro atoms. The number of carbonyl (C=O) groups excluding carboxylic acids is 2. The topological polar surface area (TPSA) is 67.4 Å². The molecule has 2 rings (SSSR count). The lowest BCUT2D eigenvalue weighted by Crippen LogP contribution is -2.29. The second-order valence-corrected chi connectivity index (χ2v) is 5.56. The molecule has 2 amide bonds. The standard InChI is InChI=1S/C18H19ClN2O3/c1-24-14-6-4-5-13(11-14)9-10-20-17(22)12-18(23)21-16-8-3-2-7-15(16)19/h2-8,11H,9-10,12H2,1H3,(H,20,22)(H,21,23). The molecule has 0 aromatic heterocycles. The zero-order chi connectivity index (χ0) is 17.4. The van der Waals surface area contributed by atoms with Gasteiger partial charge in [-0.05, 0) is 36.2 Å². The van der Waals surface area contributed by atoms with Gasteiger partial charge in [-0.1, -0.05) is 35.9 Å². The Bertz CT molecular complexity index is 719. The Kier molecular flexibility index (Phi) is 6.63. The Morgan fingerprint density at radius 1 is 1.08 bits per heavy atom. The summed E-state index contributed by atoms with van der Waals surface area (Å²) in [4.78, 5) is 23.7. The molecule has 0 heterocycles. The summed E-state index contributed by atoms with van der Waals surface area (Å²) in [5.74, 6) is 0.0439. The molecule has 5 nitrogen and oxygen atoms in total. The third-order valence-corrected chi connectivity index (χ3v) is 3.67. The van der Waals surface area contributed by atoms with Crippen molar-refractivity contribution in [1.82, 2.24) is 5.32 Å². The van der Waals surface area contributed by atoms with E-state index in [0.29, 0.717) is 23.7 Å². The van der Waals surface area contributed by atoms with Crippen LogP contribution in [0.25, 0.3) is 0 Å². The largest absolute Gasteiger partial charge is 0.497 e. The van der Waals surface area contributed by atoms with E-state index in [4.69, 9.17) is 16.3 Å². The van der Waals surface area contributed by atoms with Gasteiger partial charge in [-0.3, -0.25) is 9.59 Å². The first kappa shape index (κ1) is 17.8. The van der Waals surface area contributed by atoms with Crippen molar-refractivity contribution in [3.8, 4) is 5.75 Å². The van der Waals surface area contributed by atoms with E-state index in [1.165, 1.54) is 0 Å². The summed E-state index contributed by atoms with van der Waals surface area (Å²) >= 11 is 5.96. The van der Waals surface area contributed by atoms with Crippen molar-refractivity contribution in [1.29, 1.82) is 0 Å². The lowest BCUT2D eigenvalue weighted by molar-refractivity contribution is -0.126. The molecule has 0 fully saturated rings. The fourth-order valence-corrected chi connectivity index (χ4v) is 2.32. The van der Waals surface area contributed by atoms with Crippen molar-refractivity contribution in [3.63, 3.8) is 0 Å². The SMILES string of the molecule is COc1cccc(CCNC(=O)CC(=O)Nc2ccccc2Cl)c1. The first-order chi connectivity index (χ1) is 11.6. The molecular weight excluding hydrogens is 328 g/mol. The van der Waals surface area contributed by atoms with Gasteiger partial charge in [-0.15, -0.1) is 0 Å². The number of methoxy groups -OCH3 is 1. The van der Waals surface area contributed by atoms with E-state index < -0.39 is 5.91 Å². The van der Waals surface area contributed by atoms with Crippen LogP contribution in [0.3, 0.4) is 0 Å². The normalized spacial score (nSPS) is 10.1. The smallest absolute Gasteiger partial charge is 0.233 e. The predicted molar refractivity (Wildman–Crippen MR) is 94.4 cm³/mol. The van der Waals surface area contributed by atoms with Crippen LogP contribution < -0.4 is 15.4 Å². The average molecular weight is 347 g/mol. The number of anilines is 1. The highest BCUT2D eigenvalue weighted by atomic mass is 35.5. The van der Waals surface area contributed by atoms with Gasteiger partial charge in [-0.2, -0.15) is 0 Å². The number of nitrogens with one attached hydrogen (secondary N) is 2. The summed E-state index contributed by atoms with van der Waals surface area (Å²) < 4.78 is 5.15. The molecule has 2 N–H and O–H groups in total. The third kappa shape index (κ3) is 5.59. The van der Waals surface area contributed by atoms with Gasteiger partial charge in [0, 0.05) is 6.54 Å². The van der Waals surface area contributed by atoms with Crippen molar-refractivity contribution < 1.29 is 14.3 Å². The minimum absolute atomic E-state index is 0.247. The minimum Gasteiger partial charge on any atom is -0.497 e. The van der Waals surface area contributed by atoms with Crippen LogP contribution in [0.2, 0.25) is 5.02 Å². The monoisotopic (exact) mass is 346 g/mol. The number of para-hydroxylation sites is 1. The van der Waals surface area contributed by atoms with Gasteiger partial charge in [0.2, 0.25) is 11.8 Å². The molecule has 0 radical (unpaired) electrons. The number of ether oxygens (including phenoxy) is 1. The number of rotatable bonds is 7. The summed E-state index contributed by atoms with van der Waals surface area (Å²) in [7, 11) is 1.61. The van der Waals surface area contributed by atoms with Crippen LogP contribution in [-0.2, 0) is 16.0 Å². The summed E-state index contributed by atoms with van der Waals surface area (Å²) in [6.45, 7) is 0.450. The number of hydrogen-bond acceptors (Lipinski definition) is 3. The molecule has 2 aromatic rings. The highest BCUT2D eigenvalue weighted by molar-refractivity contribution is 6.33. The molecule has 6 heteroatoms. The molecular formula is C18H19ClN2O3. The highest BCUT2D eigenvalue weighted by Gasteiger charge is 2.10. The minimum atomic E-state index is -0.401. The van der Waals surface area contributed by atoms with E-state index in [-0.39, 0.29) is 12.3 Å². The molecule has 0 saturated carbocycles. The van der Waals surface area contributed by atoms with Crippen LogP contribution in [0.5, 0.6) is 5.75 Å². The van der Waals surface area contributed by atoms with Crippen molar-refractivity contribution in [2.45, 2.75) is 12.8 Å². The van der Waals surface area contributed by atoms with E-state index in [9.17, 15) is 9.59 Å².